The number of rotatable bonds is 6. The number of hydrogen-bond acceptors (Lipinski definition) is 2. The smallest absolute Gasteiger partial charge is 0.220 e. The fourth-order valence-electron chi connectivity index (χ4n) is 3.11. The average Bonchev–Trinajstić information content (AvgIpc) is 2.99. The molecule has 1 amide bonds. The molecule has 106 valence electrons. The number of carbonyl (C=O) groups excluding carboxylic acids is 1. The van der Waals surface area contributed by atoms with Gasteiger partial charge in [0.15, 0.2) is 0 Å². The van der Waals surface area contributed by atoms with E-state index in [1.807, 2.05) is 0 Å². The zero-order valence-corrected chi connectivity index (χ0v) is 12.1. The lowest BCUT2D eigenvalue weighted by molar-refractivity contribution is -0.121. The third-order valence-corrected chi connectivity index (χ3v) is 4.23. The molecule has 0 radical (unpaired) electrons. The van der Waals surface area contributed by atoms with Gasteiger partial charge in [-0.3, -0.25) is 4.79 Å². The van der Waals surface area contributed by atoms with Gasteiger partial charge in [0.2, 0.25) is 5.91 Å². The van der Waals surface area contributed by atoms with E-state index in [2.05, 4.69) is 10.6 Å². The molecule has 0 spiro atoms. The molecule has 1 saturated heterocycles. The van der Waals surface area contributed by atoms with E-state index in [0.717, 1.165) is 25.4 Å². The summed E-state index contributed by atoms with van der Waals surface area (Å²) in [4.78, 5) is 11.6. The van der Waals surface area contributed by atoms with E-state index >= 15 is 0 Å². The van der Waals surface area contributed by atoms with Gasteiger partial charge in [-0.05, 0) is 38.1 Å². The summed E-state index contributed by atoms with van der Waals surface area (Å²) in [6.07, 6.45) is 11.0. The molecule has 1 aliphatic carbocycles. The van der Waals surface area contributed by atoms with Crippen LogP contribution in [0.25, 0.3) is 0 Å². The highest BCUT2D eigenvalue weighted by Crippen LogP contribution is 2.26. The van der Waals surface area contributed by atoms with Gasteiger partial charge >= 0.3 is 0 Å². The Hall–Kier alpha value is -0.280. The first-order valence-electron chi connectivity index (χ1n) is 7.34. The minimum absolute atomic E-state index is 0. The maximum Gasteiger partial charge on any atom is 0.220 e. The van der Waals surface area contributed by atoms with Crippen molar-refractivity contribution in [3.63, 3.8) is 0 Å². The standard InChI is InChI=1S/C14H26N2O.ClH/c17-14(8-7-13-6-3-10-15-13)16-11-9-12-4-1-2-5-12;/h12-13,15H,1-11H2,(H,16,17);1H. The van der Waals surface area contributed by atoms with Crippen molar-refractivity contribution in [2.45, 2.75) is 63.8 Å². The molecule has 1 aliphatic heterocycles. The first-order valence-corrected chi connectivity index (χ1v) is 7.34. The molecule has 1 atom stereocenters. The Kier molecular flexibility index (Phi) is 7.68. The number of hydrogen-bond donors (Lipinski definition) is 2. The Morgan fingerprint density at radius 3 is 2.56 bits per heavy atom. The Balaban J connectivity index is 0.00000162. The quantitative estimate of drug-likeness (QED) is 0.782. The van der Waals surface area contributed by atoms with Gasteiger partial charge in [-0.25, -0.2) is 0 Å². The lowest BCUT2D eigenvalue weighted by Gasteiger charge is -2.11. The van der Waals surface area contributed by atoms with Crippen molar-refractivity contribution in [1.82, 2.24) is 10.6 Å². The second kappa shape index (κ2) is 8.76. The highest BCUT2D eigenvalue weighted by Gasteiger charge is 2.16. The highest BCUT2D eigenvalue weighted by atomic mass is 35.5. The molecule has 2 N–H and O–H groups in total. The van der Waals surface area contributed by atoms with Crippen molar-refractivity contribution in [2.75, 3.05) is 13.1 Å². The number of carbonyl (C=O) groups is 1. The number of nitrogens with one attached hydrogen (secondary N) is 2. The Morgan fingerprint density at radius 2 is 1.89 bits per heavy atom. The van der Waals surface area contributed by atoms with E-state index in [0.29, 0.717) is 12.5 Å². The summed E-state index contributed by atoms with van der Waals surface area (Å²) in [5.41, 5.74) is 0. The largest absolute Gasteiger partial charge is 0.356 e. The zero-order chi connectivity index (χ0) is 11.9. The minimum atomic E-state index is 0. The first kappa shape index (κ1) is 15.8. The summed E-state index contributed by atoms with van der Waals surface area (Å²) in [6.45, 7) is 2.02. The van der Waals surface area contributed by atoms with E-state index in [1.165, 1.54) is 44.9 Å². The van der Waals surface area contributed by atoms with Gasteiger partial charge in [0.05, 0.1) is 0 Å². The summed E-state index contributed by atoms with van der Waals surface area (Å²) in [5.74, 6) is 1.13. The molecule has 2 rings (SSSR count). The molecular formula is C14H27ClN2O. The van der Waals surface area contributed by atoms with Crippen molar-refractivity contribution >= 4 is 18.3 Å². The van der Waals surface area contributed by atoms with Crippen LogP contribution in [0.15, 0.2) is 0 Å². The lowest BCUT2D eigenvalue weighted by atomic mass is 10.0. The van der Waals surface area contributed by atoms with Gasteiger partial charge < -0.3 is 10.6 Å². The SMILES string of the molecule is Cl.O=C(CCC1CCCN1)NCCC1CCCC1. The van der Waals surface area contributed by atoms with Crippen LogP contribution >= 0.6 is 12.4 Å². The van der Waals surface area contributed by atoms with Crippen LogP contribution < -0.4 is 10.6 Å². The highest BCUT2D eigenvalue weighted by molar-refractivity contribution is 5.85. The van der Waals surface area contributed by atoms with E-state index in [4.69, 9.17) is 0 Å². The minimum Gasteiger partial charge on any atom is -0.356 e. The van der Waals surface area contributed by atoms with E-state index < -0.39 is 0 Å². The fourth-order valence-corrected chi connectivity index (χ4v) is 3.11. The van der Waals surface area contributed by atoms with Gasteiger partial charge in [-0.15, -0.1) is 12.4 Å². The Morgan fingerprint density at radius 1 is 1.11 bits per heavy atom. The molecule has 0 aromatic rings. The maximum atomic E-state index is 11.6. The van der Waals surface area contributed by atoms with Crippen molar-refractivity contribution < 1.29 is 4.79 Å². The zero-order valence-electron chi connectivity index (χ0n) is 11.2. The first-order chi connectivity index (χ1) is 8.34. The molecule has 0 bridgehead atoms. The number of amides is 1. The third kappa shape index (κ3) is 5.57. The second-order valence-corrected chi connectivity index (χ2v) is 5.62. The van der Waals surface area contributed by atoms with Gasteiger partial charge in [-0.1, -0.05) is 25.7 Å². The van der Waals surface area contributed by atoms with Gasteiger partial charge in [-0.2, -0.15) is 0 Å². The van der Waals surface area contributed by atoms with Crippen LogP contribution in [0, 0.1) is 5.92 Å². The molecule has 1 saturated carbocycles. The molecule has 1 unspecified atom stereocenters. The van der Waals surface area contributed by atoms with Gasteiger partial charge in [0.25, 0.3) is 0 Å². The van der Waals surface area contributed by atoms with Crippen LogP contribution in [0.4, 0.5) is 0 Å². The summed E-state index contributed by atoms with van der Waals surface area (Å²) in [7, 11) is 0. The van der Waals surface area contributed by atoms with Crippen molar-refractivity contribution in [1.29, 1.82) is 0 Å². The second-order valence-electron chi connectivity index (χ2n) is 5.62. The number of halogens is 1. The topological polar surface area (TPSA) is 41.1 Å². The molecule has 0 aromatic carbocycles. The van der Waals surface area contributed by atoms with Gasteiger partial charge in [0, 0.05) is 19.0 Å². The summed E-state index contributed by atoms with van der Waals surface area (Å²) < 4.78 is 0. The van der Waals surface area contributed by atoms with Crippen LogP contribution in [-0.4, -0.2) is 25.0 Å². The molecule has 3 nitrogen and oxygen atoms in total. The van der Waals surface area contributed by atoms with E-state index in [1.54, 1.807) is 0 Å². The molecule has 1 heterocycles. The maximum absolute atomic E-state index is 11.6. The summed E-state index contributed by atoms with van der Waals surface area (Å²) in [5, 5.41) is 6.50. The van der Waals surface area contributed by atoms with Crippen molar-refractivity contribution in [3.05, 3.63) is 0 Å². The van der Waals surface area contributed by atoms with Crippen molar-refractivity contribution in [2.24, 2.45) is 5.92 Å². The Bertz CT molecular complexity index is 236. The van der Waals surface area contributed by atoms with E-state index in [9.17, 15) is 4.79 Å². The average molecular weight is 275 g/mol. The molecule has 2 fully saturated rings. The summed E-state index contributed by atoms with van der Waals surface area (Å²) in [6, 6.07) is 0.593. The molecule has 4 heteroatoms. The molecule has 0 aromatic heterocycles. The van der Waals surface area contributed by atoms with Crippen LogP contribution in [0.5, 0.6) is 0 Å². The van der Waals surface area contributed by atoms with Crippen LogP contribution in [-0.2, 0) is 4.79 Å². The third-order valence-electron chi connectivity index (χ3n) is 4.23. The van der Waals surface area contributed by atoms with Gasteiger partial charge in [0.1, 0.15) is 0 Å². The van der Waals surface area contributed by atoms with Crippen LogP contribution in [0.1, 0.15) is 57.8 Å². The van der Waals surface area contributed by atoms with E-state index in [-0.39, 0.29) is 18.3 Å². The summed E-state index contributed by atoms with van der Waals surface area (Å²) >= 11 is 0. The predicted molar refractivity (Wildman–Crippen MR) is 77.1 cm³/mol. The predicted octanol–water partition coefficient (Wildman–Crippen LogP) is 2.64. The molecular weight excluding hydrogens is 248 g/mol. The van der Waals surface area contributed by atoms with Crippen molar-refractivity contribution in [3.8, 4) is 0 Å². The van der Waals surface area contributed by atoms with Crippen LogP contribution in [0.2, 0.25) is 0 Å². The Labute approximate surface area is 117 Å². The molecule has 2 aliphatic rings. The fraction of sp³-hybridized carbons (Fsp3) is 0.929. The lowest BCUT2D eigenvalue weighted by Crippen LogP contribution is -2.28. The monoisotopic (exact) mass is 274 g/mol. The normalized spacial score (nSPS) is 23.9. The van der Waals surface area contributed by atoms with Crippen LogP contribution in [0.3, 0.4) is 0 Å². The molecule has 18 heavy (non-hydrogen) atoms.